The molecule has 3 rings (SSSR count). The van der Waals surface area contributed by atoms with Gasteiger partial charge in [0, 0.05) is 12.7 Å². The van der Waals surface area contributed by atoms with Crippen LogP contribution in [0.5, 0.6) is 0 Å². The molecule has 0 unspecified atom stereocenters. The van der Waals surface area contributed by atoms with Crippen LogP contribution in [0, 0.1) is 0 Å². The Bertz CT molecular complexity index is 882. The average molecular weight is 314 g/mol. The molecule has 0 aliphatic rings. The molecule has 2 aromatic heterocycles. The largest absolute Gasteiger partial charge is 0.478 e. The number of carbonyl (C=O) groups excluding carboxylic acids is 1. The number of H-pyrrole nitrogens is 1. The number of hydrogen-bond donors (Lipinski definition) is 4. The predicted molar refractivity (Wildman–Crippen MR) is 82.9 cm³/mol. The Morgan fingerprint density at radius 3 is 2.91 bits per heavy atom. The van der Waals surface area contributed by atoms with Crippen molar-refractivity contribution in [2.75, 3.05) is 11.9 Å². The van der Waals surface area contributed by atoms with Crippen LogP contribution in [0.15, 0.2) is 30.6 Å². The van der Waals surface area contributed by atoms with Gasteiger partial charge in [0.05, 0.1) is 28.5 Å². The van der Waals surface area contributed by atoms with Crippen LogP contribution in [0.25, 0.3) is 16.7 Å². The number of amides is 2. The number of imidazole rings is 1. The van der Waals surface area contributed by atoms with Gasteiger partial charge in [0.1, 0.15) is 0 Å². The van der Waals surface area contributed by atoms with Gasteiger partial charge in [-0.3, -0.25) is 5.32 Å². The average Bonchev–Trinajstić information content (AvgIpc) is 3.12. The van der Waals surface area contributed by atoms with E-state index in [4.69, 9.17) is 5.11 Å². The number of fused-ring (bicyclic) bond motifs is 1. The minimum atomic E-state index is -1.04. The summed E-state index contributed by atoms with van der Waals surface area (Å²) >= 11 is 0. The molecule has 2 heterocycles. The van der Waals surface area contributed by atoms with Crippen LogP contribution in [-0.4, -0.2) is 43.4 Å². The van der Waals surface area contributed by atoms with Crippen molar-refractivity contribution in [1.29, 1.82) is 0 Å². The fourth-order valence-corrected chi connectivity index (χ4v) is 2.08. The highest BCUT2D eigenvalue weighted by atomic mass is 16.4. The number of nitrogens with one attached hydrogen (secondary N) is 3. The normalized spacial score (nSPS) is 10.7. The van der Waals surface area contributed by atoms with Gasteiger partial charge in [-0.2, -0.15) is 5.10 Å². The van der Waals surface area contributed by atoms with Crippen LogP contribution < -0.4 is 10.6 Å². The van der Waals surface area contributed by atoms with Gasteiger partial charge in [-0.05, 0) is 25.1 Å². The summed E-state index contributed by atoms with van der Waals surface area (Å²) in [5.74, 6) is -0.708. The van der Waals surface area contributed by atoms with Gasteiger partial charge in [-0.1, -0.05) is 0 Å². The van der Waals surface area contributed by atoms with Crippen molar-refractivity contribution in [3.05, 3.63) is 36.2 Å². The number of rotatable bonds is 4. The molecule has 0 spiro atoms. The van der Waals surface area contributed by atoms with Crippen molar-refractivity contribution in [1.82, 2.24) is 25.1 Å². The molecule has 23 heavy (non-hydrogen) atoms. The van der Waals surface area contributed by atoms with Crippen molar-refractivity contribution in [2.24, 2.45) is 0 Å². The zero-order chi connectivity index (χ0) is 16.4. The van der Waals surface area contributed by atoms with Crippen LogP contribution in [-0.2, 0) is 0 Å². The smallest absolute Gasteiger partial charge is 0.338 e. The third-order valence-electron chi connectivity index (χ3n) is 3.13. The van der Waals surface area contributed by atoms with Crippen molar-refractivity contribution in [2.45, 2.75) is 6.92 Å². The lowest BCUT2D eigenvalue weighted by atomic mass is 10.3. The molecule has 0 aliphatic heterocycles. The minimum absolute atomic E-state index is 0.103. The van der Waals surface area contributed by atoms with Crippen molar-refractivity contribution >= 4 is 29.0 Å². The van der Waals surface area contributed by atoms with E-state index in [1.165, 1.54) is 17.1 Å². The molecule has 9 nitrogen and oxygen atoms in total. The summed E-state index contributed by atoms with van der Waals surface area (Å²) in [6.45, 7) is 2.33. The molecular formula is C14H14N6O3. The highest BCUT2D eigenvalue weighted by Gasteiger charge is 2.10. The Labute approximate surface area is 130 Å². The first-order valence-electron chi connectivity index (χ1n) is 6.90. The summed E-state index contributed by atoms with van der Waals surface area (Å²) in [5.41, 5.74) is 2.14. The van der Waals surface area contributed by atoms with Gasteiger partial charge in [0.2, 0.25) is 5.95 Å². The second-order valence-corrected chi connectivity index (χ2v) is 4.75. The number of carboxylic acid groups (broad SMARTS) is 1. The van der Waals surface area contributed by atoms with Crippen molar-refractivity contribution in [3.63, 3.8) is 0 Å². The molecule has 0 saturated heterocycles. The predicted octanol–water partition coefficient (Wildman–Crippen LogP) is 1.59. The van der Waals surface area contributed by atoms with Gasteiger partial charge in [0.25, 0.3) is 0 Å². The topological polar surface area (TPSA) is 125 Å². The van der Waals surface area contributed by atoms with Crippen LogP contribution in [0.4, 0.5) is 10.7 Å². The van der Waals surface area contributed by atoms with Gasteiger partial charge in [-0.25, -0.2) is 19.3 Å². The van der Waals surface area contributed by atoms with Crippen LogP contribution >= 0.6 is 0 Å². The highest BCUT2D eigenvalue weighted by Crippen LogP contribution is 2.18. The second-order valence-electron chi connectivity index (χ2n) is 4.75. The summed E-state index contributed by atoms with van der Waals surface area (Å²) in [5, 5.41) is 18.1. The number of carboxylic acids is 1. The van der Waals surface area contributed by atoms with Gasteiger partial charge in [0.15, 0.2) is 0 Å². The maximum absolute atomic E-state index is 11.5. The van der Waals surface area contributed by atoms with E-state index >= 15 is 0 Å². The van der Waals surface area contributed by atoms with E-state index in [-0.39, 0.29) is 11.6 Å². The summed E-state index contributed by atoms with van der Waals surface area (Å²) in [4.78, 5) is 29.7. The number of urea groups is 1. The molecule has 2 amide bonds. The fraction of sp³-hybridized carbons (Fsp3) is 0.143. The van der Waals surface area contributed by atoms with E-state index in [1.807, 2.05) is 6.92 Å². The van der Waals surface area contributed by atoms with Gasteiger partial charge < -0.3 is 15.4 Å². The van der Waals surface area contributed by atoms with Crippen LogP contribution in [0.2, 0.25) is 0 Å². The molecule has 9 heteroatoms. The Kier molecular flexibility index (Phi) is 3.67. The monoisotopic (exact) mass is 314 g/mol. The van der Waals surface area contributed by atoms with Crippen LogP contribution in [0.1, 0.15) is 17.3 Å². The number of carbonyl (C=O) groups is 2. The van der Waals surface area contributed by atoms with E-state index < -0.39 is 5.97 Å². The molecule has 0 saturated carbocycles. The lowest BCUT2D eigenvalue weighted by Crippen LogP contribution is -2.28. The van der Waals surface area contributed by atoms with E-state index in [9.17, 15) is 9.59 Å². The molecule has 4 N–H and O–H groups in total. The number of nitrogens with zero attached hydrogens (tertiary/aromatic N) is 3. The van der Waals surface area contributed by atoms with E-state index in [0.717, 1.165) is 5.52 Å². The third-order valence-corrected chi connectivity index (χ3v) is 3.13. The summed E-state index contributed by atoms with van der Waals surface area (Å²) in [6, 6.07) is 4.95. The third kappa shape index (κ3) is 2.98. The first-order valence-corrected chi connectivity index (χ1v) is 6.90. The molecule has 0 atom stereocenters. The maximum atomic E-state index is 11.5. The number of aromatic nitrogens is 4. The molecule has 0 fully saturated rings. The number of aromatic carboxylic acids is 1. The Morgan fingerprint density at radius 2 is 2.22 bits per heavy atom. The number of benzene rings is 1. The maximum Gasteiger partial charge on any atom is 0.338 e. The number of anilines is 1. The quantitative estimate of drug-likeness (QED) is 0.582. The molecule has 118 valence electrons. The number of hydrogen-bond acceptors (Lipinski definition) is 4. The molecule has 0 aliphatic carbocycles. The molecule has 1 aromatic carbocycles. The zero-order valence-electron chi connectivity index (χ0n) is 12.2. The molecule has 3 aromatic rings. The Morgan fingerprint density at radius 1 is 1.39 bits per heavy atom. The summed E-state index contributed by atoms with van der Waals surface area (Å²) in [7, 11) is 0. The minimum Gasteiger partial charge on any atom is -0.478 e. The Hall–Kier alpha value is -3.36. The van der Waals surface area contributed by atoms with Gasteiger partial charge in [-0.15, -0.1) is 0 Å². The second kappa shape index (κ2) is 5.79. The summed E-state index contributed by atoms with van der Waals surface area (Å²) < 4.78 is 1.45. The number of aromatic amines is 1. The SMILES string of the molecule is CCNC(=O)Nc1nc2cc(-n3cc(C(=O)O)cn3)ccc2[nH]1. The van der Waals surface area contributed by atoms with Crippen molar-refractivity contribution < 1.29 is 14.7 Å². The van der Waals surface area contributed by atoms with E-state index in [1.54, 1.807) is 18.2 Å². The molecule has 0 radical (unpaired) electrons. The molecule has 0 bridgehead atoms. The van der Waals surface area contributed by atoms with E-state index in [2.05, 4.69) is 25.7 Å². The molecular weight excluding hydrogens is 300 g/mol. The van der Waals surface area contributed by atoms with Crippen molar-refractivity contribution in [3.8, 4) is 5.69 Å². The fourth-order valence-electron chi connectivity index (χ4n) is 2.08. The first-order chi connectivity index (χ1) is 11.1. The standard InChI is InChI=1S/C14H14N6O3/c1-2-15-14(23)19-13-17-10-4-3-9(5-11(10)18-13)20-7-8(6-16-20)12(21)22/h3-7H,2H2,1H3,(H,21,22)(H3,15,17,18,19,23). The zero-order valence-corrected chi connectivity index (χ0v) is 12.2. The van der Waals surface area contributed by atoms with Crippen LogP contribution in [0.3, 0.4) is 0 Å². The lowest BCUT2D eigenvalue weighted by molar-refractivity contribution is 0.0697. The first kappa shape index (κ1) is 14.6. The van der Waals surface area contributed by atoms with E-state index in [0.29, 0.717) is 23.7 Å². The summed E-state index contributed by atoms with van der Waals surface area (Å²) in [6.07, 6.45) is 2.70. The highest BCUT2D eigenvalue weighted by molar-refractivity contribution is 5.90. The lowest BCUT2D eigenvalue weighted by Gasteiger charge is -2.00. The Balaban J connectivity index is 1.89. The van der Waals surface area contributed by atoms with Gasteiger partial charge >= 0.3 is 12.0 Å².